The van der Waals surface area contributed by atoms with Gasteiger partial charge < -0.3 is 0 Å². The molecule has 0 saturated heterocycles. The predicted octanol–water partition coefficient (Wildman–Crippen LogP) is -1.54. The molecule has 80 valence electrons. The predicted molar refractivity (Wildman–Crippen MR) is 43.3 cm³/mol. The topological polar surface area (TPSA) is 133 Å². The molecule has 9 heteroatoms. The second-order valence-corrected chi connectivity index (χ2v) is 7.74. The molecule has 0 aromatic carbocycles. The Morgan fingerprint density at radius 1 is 1.08 bits per heavy atom. The van der Waals surface area contributed by atoms with Gasteiger partial charge >= 0.3 is 72.5 Å². The van der Waals surface area contributed by atoms with E-state index in [4.69, 9.17) is 20.4 Å². The van der Waals surface area contributed by atoms with Gasteiger partial charge in [0.2, 0.25) is 0 Å². The van der Waals surface area contributed by atoms with Crippen molar-refractivity contribution in [1.29, 1.82) is 0 Å². The van der Waals surface area contributed by atoms with Crippen LogP contribution in [0.25, 0.3) is 0 Å². The van der Waals surface area contributed by atoms with Crippen molar-refractivity contribution in [1.82, 2.24) is 0 Å². The van der Waals surface area contributed by atoms with Crippen LogP contribution in [0.4, 0.5) is 0 Å². The van der Waals surface area contributed by atoms with Gasteiger partial charge in [0.25, 0.3) is 0 Å². The van der Waals surface area contributed by atoms with Crippen LogP contribution in [0, 0.1) is 10.1 Å². The van der Waals surface area contributed by atoms with Gasteiger partial charge in [0.1, 0.15) is 0 Å². The van der Waals surface area contributed by atoms with Crippen LogP contribution in [-0.2, 0) is 4.62 Å². The summed E-state index contributed by atoms with van der Waals surface area (Å²) in [5.74, 6) is 0. The van der Waals surface area contributed by atoms with E-state index in [-0.39, 0.29) is 0 Å². The van der Waals surface area contributed by atoms with Crippen LogP contribution in [0.5, 0.6) is 0 Å². The van der Waals surface area contributed by atoms with Crippen molar-refractivity contribution in [2.75, 3.05) is 25.4 Å². The molecule has 0 aliphatic heterocycles. The molecule has 0 bridgehead atoms. The third-order valence-corrected chi connectivity index (χ3v) is 5.19. The molecule has 0 aromatic heterocycles. The van der Waals surface area contributed by atoms with E-state index in [0.717, 1.165) is 0 Å². The number of hydrogen-bond acceptors (Lipinski definition) is 7. The average Bonchev–Trinajstić information content (AvgIpc) is 2.15. The van der Waals surface area contributed by atoms with Crippen molar-refractivity contribution in [3.8, 4) is 0 Å². The Kier molecular flexibility index (Phi) is 3.95. The van der Waals surface area contributed by atoms with Crippen molar-refractivity contribution in [2.45, 2.75) is 0 Å². The van der Waals surface area contributed by atoms with Gasteiger partial charge in [-0.2, -0.15) is 0 Å². The van der Waals surface area contributed by atoms with Gasteiger partial charge in [0.15, 0.2) is 0 Å². The summed E-state index contributed by atoms with van der Waals surface area (Å²) in [7, 11) is 0. The zero-order chi connectivity index (χ0) is 10.6. The quantitative estimate of drug-likeness (QED) is 0.240. The first-order valence-electron chi connectivity index (χ1n) is 3.26. The number of aliphatic hydroxyl groups excluding tert-OH is 4. The van der Waals surface area contributed by atoms with Gasteiger partial charge in [0, 0.05) is 0 Å². The van der Waals surface area contributed by atoms with Crippen molar-refractivity contribution >= 4 is 6.83 Å². The Morgan fingerprint density at radius 2 is 1.38 bits per heavy atom. The Hall–Kier alpha value is -0.530. The Balaban J connectivity index is 4.94. The fraction of sp³-hybridized carbons (Fsp3) is 1.00. The molecule has 0 amide bonds. The standard InChI is InChI=1S/C4H12NO7P/c6-1-13(2-7,3-8,4-9)12-5(10)11/h6-9H,1-4H2. The molecule has 0 rings (SSSR count). The molecule has 0 spiro atoms. The molecule has 8 nitrogen and oxygen atoms in total. The summed E-state index contributed by atoms with van der Waals surface area (Å²) >= 11 is 0. The van der Waals surface area contributed by atoms with Crippen LogP contribution in [0.3, 0.4) is 0 Å². The SMILES string of the molecule is O=[N+]([O-])OP(CO)(CO)(CO)CO. The van der Waals surface area contributed by atoms with Crippen LogP contribution in [0.1, 0.15) is 0 Å². The van der Waals surface area contributed by atoms with E-state index in [1.165, 1.54) is 0 Å². The molecule has 0 saturated carbocycles. The van der Waals surface area contributed by atoms with Gasteiger partial charge in [-0.25, -0.2) is 0 Å². The molecule has 0 atom stereocenters. The summed E-state index contributed by atoms with van der Waals surface area (Å²) in [5.41, 5.74) is 0. The van der Waals surface area contributed by atoms with E-state index in [1.807, 2.05) is 0 Å². The van der Waals surface area contributed by atoms with E-state index in [0.29, 0.717) is 0 Å². The molecule has 0 fully saturated rings. The fourth-order valence-electron chi connectivity index (χ4n) is 0.560. The summed E-state index contributed by atoms with van der Waals surface area (Å²) < 4.78 is 4.08. The zero-order valence-corrected chi connectivity index (χ0v) is 7.63. The number of nitrogens with zero attached hydrogens (tertiary/aromatic N) is 1. The van der Waals surface area contributed by atoms with E-state index in [9.17, 15) is 10.1 Å². The number of aliphatic hydroxyl groups is 4. The summed E-state index contributed by atoms with van der Waals surface area (Å²) in [6, 6.07) is 0. The zero-order valence-electron chi connectivity index (χ0n) is 6.74. The molecule has 0 radical (unpaired) electrons. The van der Waals surface area contributed by atoms with Gasteiger partial charge in [-0.1, -0.05) is 0 Å². The summed E-state index contributed by atoms with van der Waals surface area (Å²) in [5, 5.41) is 44.1. The first-order chi connectivity index (χ1) is 5.97. The van der Waals surface area contributed by atoms with Crippen LogP contribution >= 0.6 is 6.83 Å². The maximum absolute atomic E-state index is 10.0. The third-order valence-electron chi connectivity index (χ3n) is 1.73. The molecule has 0 heterocycles. The van der Waals surface area contributed by atoms with Crippen LogP contribution in [0.2, 0.25) is 0 Å². The normalized spacial score (nSPS) is 14.6. The Morgan fingerprint density at radius 3 is 1.46 bits per heavy atom. The van der Waals surface area contributed by atoms with E-state index >= 15 is 0 Å². The summed E-state index contributed by atoms with van der Waals surface area (Å²) in [6.07, 6.45) is -3.79. The summed E-state index contributed by atoms with van der Waals surface area (Å²) in [4.78, 5) is 10.0. The van der Waals surface area contributed by atoms with Crippen LogP contribution in [-0.4, -0.2) is 50.9 Å². The monoisotopic (exact) mass is 217 g/mol. The minimum atomic E-state index is -4.25. The molecule has 13 heavy (non-hydrogen) atoms. The maximum atomic E-state index is 10.0. The van der Waals surface area contributed by atoms with E-state index in [1.54, 1.807) is 0 Å². The van der Waals surface area contributed by atoms with Crippen molar-refractivity contribution < 1.29 is 30.1 Å². The molecule has 0 aromatic rings. The van der Waals surface area contributed by atoms with Crippen molar-refractivity contribution in [3.63, 3.8) is 0 Å². The molecule has 0 aliphatic rings. The Labute approximate surface area is 73.5 Å². The van der Waals surface area contributed by atoms with Crippen LogP contribution in [0.15, 0.2) is 0 Å². The van der Waals surface area contributed by atoms with Crippen LogP contribution < -0.4 is 0 Å². The first-order valence-corrected chi connectivity index (χ1v) is 6.16. The first kappa shape index (κ1) is 12.5. The molecular weight excluding hydrogens is 205 g/mol. The second-order valence-electron chi connectivity index (χ2n) is 2.73. The van der Waals surface area contributed by atoms with Crippen molar-refractivity contribution in [3.05, 3.63) is 10.1 Å². The average molecular weight is 217 g/mol. The Bertz CT molecular complexity index is 169. The number of rotatable bonds is 6. The van der Waals surface area contributed by atoms with Crippen molar-refractivity contribution in [2.24, 2.45) is 0 Å². The van der Waals surface area contributed by atoms with Gasteiger partial charge in [0.05, 0.1) is 0 Å². The fourth-order valence-corrected chi connectivity index (χ4v) is 1.68. The summed E-state index contributed by atoms with van der Waals surface area (Å²) in [6.45, 7) is -4.25. The second kappa shape index (κ2) is 4.12. The van der Waals surface area contributed by atoms with Gasteiger partial charge in [-0.05, 0) is 0 Å². The van der Waals surface area contributed by atoms with Gasteiger partial charge in [-0.3, -0.25) is 0 Å². The van der Waals surface area contributed by atoms with E-state index in [2.05, 4.69) is 4.62 Å². The van der Waals surface area contributed by atoms with Gasteiger partial charge in [-0.15, -0.1) is 0 Å². The number of hydrogen-bond donors (Lipinski definition) is 4. The minimum absolute atomic E-state index is 0.948. The molecule has 4 N–H and O–H groups in total. The molecule has 0 unspecified atom stereocenters. The molecule has 0 aliphatic carbocycles. The molecular formula is C4H12NO7P. The third kappa shape index (κ3) is 2.23. The van der Waals surface area contributed by atoms with E-state index < -0.39 is 37.3 Å².